The van der Waals surface area contributed by atoms with Gasteiger partial charge in [0.2, 0.25) is 0 Å². The van der Waals surface area contributed by atoms with Crippen LogP contribution in [-0.2, 0) is 4.79 Å². The van der Waals surface area contributed by atoms with Crippen molar-refractivity contribution in [3.8, 4) is 11.5 Å². The van der Waals surface area contributed by atoms with Crippen molar-refractivity contribution in [1.29, 1.82) is 0 Å². The summed E-state index contributed by atoms with van der Waals surface area (Å²) in [7, 11) is 0. The zero-order valence-electron chi connectivity index (χ0n) is 17.0. The fourth-order valence-electron chi connectivity index (χ4n) is 2.51. The molecule has 2 rings (SSSR count). The summed E-state index contributed by atoms with van der Waals surface area (Å²) in [6.07, 6.45) is 0.400. The van der Waals surface area contributed by atoms with E-state index in [1.165, 1.54) is 5.56 Å². The topological polar surface area (TPSA) is 47.6 Å². The molecule has 146 valence electrons. The van der Waals surface area contributed by atoms with Gasteiger partial charge in [-0.1, -0.05) is 45.9 Å². The number of rotatable bonds is 9. The molecule has 0 saturated heterocycles. The van der Waals surface area contributed by atoms with Crippen molar-refractivity contribution in [3.63, 3.8) is 0 Å². The van der Waals surface area contributed by atoms with Crippen molar-refractivity contribution in [3.05, 3.63) is 54.1 Å². The fraction of sp³-hybridized carbons (Fsp3) is 0.435. The van der Waals surface area contributed by atoms with Gasteiger partial charge in [0.05, 0.1) is 6.61 Å². The Kier molecular flexibility index (Phi) is 7.71. The molecule has 0 fully saturated rings. The van der Waals surface area contributed by atoms with Crippen LogP contribution in [0.15, 0.2) is 48.5 Å². The lowest BCUT2D eigenvalue weighted by Gasteiger charge is -2.16. The van der Waals surface area contributed by atoms with Crippen molar-refractivity contribution in [1.82, 2.24) is 0 Å². The van der Waals surface area contributed by atoms with E-state index in [0.717, 1.165) is 12.2 Å². The highest BCUT2D eigenvalue weighted by atomic mass is 16.5. The van der Waals surface area contributed by atoms with E-state index in [0.29, 0.717) is 29.9 Å². The normalized spacial score (nSPS) is 12.1. The van der Waals surface area contributed by atoms with Crippen molar-refractivity contribution >= 4 is 11.6 Å². The fourth-order valence-corrected chi connectivity index (χ4v) is 2.51. The Morgan fingerprint density at radius 3 is 2.30 bits per heavy atom. The summed E-state index contributed by atoms with van der Waals surface area (Å²) in [6, 6.07) is 15.3. The van der Waals surface area contributed by atoms with E-state index < -0.39 is 6.10 Å². The quantitative estimate of drug-likeness (QED) is 0.622. The SMILES string of the molecule is CC(C)CCOc1cccc(NC(=O)C(C)Oc2ccc(C(C)C)cc2)c1. The van der Waals surface area contributed by atoms with Gasteiger partial charge in [-0.15, -0.1) is 0 Å². The second-order valence-corrected chi connectivity index (χ2v) is 7.53. The summed E-state index contributed by atoms with van der Waals surface area (Å²) in [6.45, 7) is 11.0. The number of ether oxygens (including phenoxy) is 2. The summed E-state index contributed by atoms with van der Waals surface area (Å²) >= 11 is 0. The number of hydrogen-bond donors (Lipinski definition) is 1. The molecule has 27 heavy (non-hydrogen) atoms. The van der Waals surface area contributed by atoms with Gasteiger partial charge in [0.25, 0.3) is 5.91 Å². The van der Waals surface area contributed by atoms with Crippen LogP contribution in [0.1, 0.15) is 52.5 Å². The Labute approximate surface area is 162 Å². The van der Waals surface area contributed by atoms with E-state index >= 15 is 0 Å². The maximum Gasteiger partial charge on any atom is 0.265 e. The molecule has 0 heterocycles. The van der Waals surface area contributed by atoms with Crippen molar-refractivity contribution < 1.29 is 14.3 Å². The third kappa shape index (κ3) is 6.97. The largest absolute Gasteiger partial charge is 0.494 e. The molecule has 0 aliphatic carbocycles. The minimum Gasteiger partial charge on any atom is -0.494 e. The number of carbonyl (C=O) groups is 1. The Bertz CT molecular complexity index is 723. The molecule has 0 aliphatic heterocycles. The second-order valence-electron chi connectivity index (χ2n) is 7.53. The first-order chi connectivity index (χ1) is 12.8. The lowest BCUT2D eigenvalue weighted by Crippen LogP contribution is -2.30. The highest BCUT2D eigenvalue weighted by Crippen LogP contribution is 2.21. The monoisotopic (exact) mass is 369 g/mol. The molecular weight excluding hydrogens is 338 g/mol. The van der Waals surface area contributed by atoms with E-state index in [1.54, 1.807) is 6.92 Å². The average Bonchev–Trinajstić information content (AvgIpc) is 2.62. The van der Waals surface area contributed by atoms with E-state index in [4.69, 9.17) is 9.47 Å². The Morgan fingerprint density at radius 1 is 0.963 bits per heavy atom. The molecule has 0 saturated carbocycles. The average molecular weight is 370 g/mol. The molecular formula is C23H31NO3. The summed E-state index contributed by atoms with van der Waals surface area (Å²) in [5.74, 6) is 2.32. The van der Waals surface area contributed by atoms with Gasteiger partial charge in [-0.2, -0.15) is 0 Å². The predicted octanol–water partition coefficient (Wildman–Crippen LogP) is 5.64. The van der Waals surface area contributed by atoms with Gasteiger partial charge in [0.1, 0.15) is 11.5 Å². The van der Waals surface area contributed by atoms with Gasteiger partial charge in [-0.25, -0.2) is 0 Å². The molecule has 4 nitrogen and oxygen atoms in total. The number of anilines is 1. The predicted molar refractivity (Wildman–Crippen MR) is 111 cm³/mol. The molecule has 1 N–H and O–H groups in total. The number of benzene rings is 2. The second kappa shape index (κ2) is 10.0. The van der Waals surface area contributed by atoms with Crippen LogP contribution in [0.4, 0.5) is 5.69 Å². The summed E-state index contributed by atoms with van der Waals surface area (Å²) < 4.78 is 11.5. The van der Waals surface area contributed by atoms with Crippen molar-refractivity contribution in [2.24, 2.45) is 5.92 Å². The van der Waals surface area contributed by atoms with Crippen LogP contribution >= 0.6 is 0 Å². The molecule has 4 heteroatoms. The van der Waals surface area contributed by atoms with E-state index in [1.807, 2.05) is 48.5 Å². The molecule has 0 spiro atoms. The van der Waals surface area contributed by atoms with Crippen LogP contribution in [-0.4, -0.2) is 18.6 Å². The van der Waals surface area contributed by atoms with E-state index in [9.17, 15) is 4.79 Å². The van der Waals surface area contributed by atoms with Crippen molar-refractivity contribution in [2.45, 2.75) is 53.1 Å². The van der Waals surface area contributed by atoms with Gasteiger partial charge in [-0.3, -0.25) is 4.79 Å². The van der Waals surface area contributed by atoms with Crippen LogP contribution < -0.4 is 14.8 Å². The molecule has 0 bridgehead atoms. The van der Waals surface area contributed by atoms with Crippen molar-refractivity contribution in [2.75, 3.05) is 11.9 Å². The van der Waals surface area contributed by atoms with Gasteiger partial charge < -0.3 is 14.8 Å². The number of hydrogen-bond acceptors (Lipinski definition) is 3. The van der Waals surface area contributed by atoms with Crippen LogP contribution in [0.25, 0.3) is 0 Å². The van der Waals surface area contributed by atoms with Gasteiger partial charge in [-0.05, 0) is 55.0 Å². The standard InChI is InChI=1S/C23H31NO3/c1-16(2)13-14-26-22-8-6-7-20(15-22)24-23(25)18(5)27-21-11-9-19(10-12-21)17(3)4/h6-12,15-18H,13-14H2,1-5H3,(H,24,25). The van der Waals surface area contributed by atoms with Crippen LogP contribution in [0.2, 0.25) is 0 Å². The smallest absolute Gasteiger partial charge is 0.265 e. The molecule has 2 aromatic rings. The van der Waals surface area contributed by atoms with Gasteiger partial charge in [0, 0.05) is 11.8 Å². The van der Waals surface area contributed by atoms with E-state index in [2.05, 4.69) is 33.0 Å². The Morgan fingerprint density at radius 2 is 1.67 bits per heavy atom. The molecule has 0 aliphatic rings. The maximum absolute atomic E-state index is 12.4. The molecule has 0 aromatic heterocycles. The van der Waals surface area contributed by atoms with E-state index in [-0.39, 0.29) is 5.91 Å². The molecule has 1 atom stereocenters. The number of nitrogens with one attached hydrogen (secondary N) is 1. The zero-order valence-corrected chi connectivity index (χ0v) is 17.0. The van der Waals surface area contributed by atoms with Gasteiger partial charge >= 0.3 is 0 Å². The minimum absolute atomic E-state index is 0.192. The maximum atomic E-state index is 12.4. The van der Waals surface area contributed by atoms with Crippen LogP contribution in [0.3, 0.4) is 0 Å². The third-order valence-electron chi connectivity index (χ3n) is 4.29. The lowest BCUT2D eigenvalue weighted by molar-refractivity contribution is -0.122. The van der Waals surface area contributed by atoms with Gasteiger partial charge in [0.15, 0.2) is 6.10 Å². The third-order valence-corrected chi connectivity index (χ3v) is 4.29. The van der Waals surface area contributed by atoms with Crippen LogP contribution in [0.5, 0.6) is 11.5 Å². The molecule has 0 radical (unpaired) electrons. The summed E-state index contributed by atoms with van der Waals surface area (Å²) in [5.41, 5.74) is 1.95. The number of amides is 1. The molecule has 1 unspecified atom stereocenters. The molecule has 2 aromatic carbocycles. The zero-order chi connectivity index (χ0) is 19.8. The highest BCUT2D eigenvalue weighted by Gasteiger charge is 2.15. The summed E-state index contributed by atoms with van der Waals surface area (Å²) in [5, 5.41) is 2.89. The first-order valence-electron chi connectivity index (χ1n) is 9.65. The first kappa shape index (κ1) is 20.8. The van der Waals surface area contributed by atoms with Crippen LogP contribution in [0, 0.1) is 5.92 Å². The Balaban J connectivity index is 1.89. The lowest BCUT2D eigenvalue weighted by atomic mass is 10.0. The number of carbonyl (C=O) groups excluding carboxylic acids is 1. The first-order valence-corrected chi connectivity index (χ1v) is 9.65. The summed E-state index contributed by atoms with van der Waals surface area (Å²) in [4.78, 5) is 12.4. The Hall–Kier alpha value is -2.49. The molecule has 1 amide bonds. The highest BCUT2D eigenvalue weighted by molar-refractivity contribution is 5.94. The minimum atomic E-state index is -0.597.